The third-order valence-corrected chi connectivity index (χ3v) is 10.2. The van der Waals surface area contributed by atoms with E-state index in [1.165, 1.54) is 36.9 Å². The van der Waals surface area contributed by atoms with Crippen LogP contribution in [0.5, 0.6) is 5.75 Å². The van der Waals surface area contributed by atoms with Crippen molar-refractivity contribution in [3.05, 3.63) is 42.0 Å². The number of amides is 1. The summed E-state index contributed by atoms with van der Waals surface area (Å²) in [6.07, 6.45) is 10.4. The van der Waals surface area contributed by atoms with Gasteiger partial charge >= 0.3 is 0 Å². The first-order valence-electron chi connectivity index (χ1n) is 12.1. The Morgan fingerprint density at radius 2 is 2.10 bits per heavy atom. The number of carbonyl (C=O) groups is 1. The molecule has 2 saturated heterocycles. The Bertz CT molecular complexity index is 954. The second kappa shape index (κ2) is 5.70. The molecule has 1 amide bonds. The van der Waals surface area contributed by atoms with Gasteiger partial charge in [0.2, 0.25) is 5.91 Å². The lowest BCUT2D eigenvalue weighted by atomic mass is 9.43. The van der Waals surface area contributed by atoms with E-state index in [1.807, 2.05) is 12.1 Å². The van der Waals surface area contributed by atoms with Crippen LogP contribution in [0.2, 0.25) is 0 Å². The summed E-state index contributed by atoms with van der Waals surface area (Å²) in [4.78, 5) is 18.5. The summed E-state index contributed by atoms with van der Waals surface area (Å²) >= 11 is 0. The maximum absolute atomic E-state index is 13.6. The van der Waals surface area contributed by atoms with Gasteiger partial charge in [-0.15, -0.1) is 6.58 Å². The molecule has 4 aliphatic carbocycles. The Hall–Kier alpha value is -1.81. The number of phenolic OH excluding ortho intramolecular Hbond substituents is 1. The third kappa shape index (κ3) is 1.91. The van der Waals surface area contributed by atoms with Crippen LogP contribution in [0.15, 0.2) is 30.9 Å². The van der Waals surface area contributed by atoms with E-state index in [9.17, 15) is 9.90 Å². The molecule has 1 N–H and O–H groups in total. The molecule has 1 aromatic carbocycles. The van der Waals surface area contributed by atoms with Crippen molar-refractivity contribution in [2.75, 3.05) is 19.6 Å². The lowest BCUT2D eigenvalue weighted by Crippen LogP contribution is -2.69. The van der Waals surface area contributed by atoms with Crippen molar-refractivity contribution in [1.82, 2.24) is 9.80 Å². The number of phenols is 1. The maximum Gasteiger partial charge on any atom is 0.226 e. The zero-order chi connectivity index (χ0) is 20.3. The van der Waals surface area contributed by atoms with Crippen molar-refractivity contribution >= 4 is 5.91 Å². The van der Waals surface area contributed by atoms with Crippen LogP contribution >= 0.6 is 0 Å². The first-order valence-corrected chi connectivity index (χ1v) is 12.1. The minimum atomic E-state index is 0.0587. The van der Waals surface area contributed by atoms with Crippen LogP contribution in [0.25, 0.3) is 0 Å². The summed E-state index contributed by atoms with van der Waals surface area (Å²) in [6, 6.07) is 7.06. The first kappa shape index (κ1) is 17.8. The number of aromatic hydroxyl groups is 1. The van der Waals surface area contributed by atoms with E-state index in [-0.39, 0.29) is 16.7 Å². The van der Waals surface area contributed by atoms with Crippen molar-refractivity contribution < 1.29 is 9.90 Å². The molecule has 4 nitrogen and oxygen atoms in total. The number of likely N-dealkylation sites (tertiary alicyclic amines) is 2. The fraction of sp³-hybridized carbons (Fsp3) is 0.654. The highest BCUT2D eigenvalue weighted by Crippen LogP contribution is 2.75. The molecule has 158 valence electrons. The molecule has 5 fully saturated rings. The van der Waals surface area contributed by atoms with E-state index < -0.39 is 0 Å². The second-order valence-corrected chi connectivity index (χ2v) is 11.1. The molecule has 4 heteroatoms. The van der Waals surface area contributed by atoms with Gasteiger partial charge in [-0.25, -0.2) is 0 Å². The summed E-state index contributed by atoms with van der Waals surface area (Å²) < 4.78 is 0. The number of hydrogen-bond acceptors (Lipinski definition) is 3. The van der Waals surface area contributed by atoms with E-state index >= 15 is 0 Å². The van der Waals surface area contributed by atoms with Crippen molar-refractivity contribution in [2.24, 2.45) is 23.2 Å². The van der Waals surface area contributed by atoms with E-state index in [1.54, 1.807) is 0 Å². The molecular formula is C26H32N2O2. The van der Waals surface area contributed by atoms with Crippen LogP contribution in [-0.2, 0) is 16.6 Å². The normalized spacial score (nSPS) is 43.5. The Balaban J connectivity index is 1.43. The Morgan fingerprint density at radius 3 is 2.90 bits per heavy atom. The van der Waals surface area contributed by atoms with Crippen LogP contribution in [0.3, 0.4) is 0 Å². The standard InChI is InChI=1S/C26H32N2O2/c1-2-10-28-21-7-8-25-14-19(24(28)30)23(21)26(25)9-11-27(15-16-3-4-16)22(25)12-17-5-6-18(29)13-20(17)26/h2,5-6,13,16,19,21-23,29H,1,3-4,7-12,14-15H2/t19-,21?,22?,23?,25?,26?/m0/s1. The average molecular weight is 405 g/mol. The highest BCUT2D eigenvalue weighted by Gasteiger charge is 2.77. The molecule has 1 aromatic rings. The van der Waals surface area contributed by atoms with Gasteiger partial charge in [-0.05, 0) is 86.1 Å². The molecule has 7 rings (SSSR count). The zero-order valence-electron chi connectivity index (χ0n) is 17.7. The minimum Gasteiger partial charge on any atom is -0.508 e. The van der Waals surface area contributed by atoms with Crippen LogP contribution in [-0.4, -0.2) is 52.5 Å². The van der Waals surface area contributed by atoms with Gasteiger partial charge in [0.05, 0.1) is 0 Å². The number of rotatable bonds is 4. The second-order valence-electron chi connectivity index (χ2n) is 11.1. The monoisotopic (exact) mass is 404 g/mol. The predicted molar refractivity (Wildman–Crippen MR) is 115 cm³/mol. The minimum absolute atomic E-state index is 0.0587. The fourth-order valence-electron chi connectivity index (χ4n) is 9.18. The number of fused-ring (bicyclic) bond motifs is 1. The van der Waals surface area contributed by atoms with Gasteiger partial charge in [0.1, 0.15) is 5.75 Å². The van der Waals surface area contributed by atoms with Gasteiger partial charge < -0.3 is 10.0 Å². The highest BCUT2D eigenvalue weighted by atomic mass is 16.3. The van der Waals surface area contributed by atoms with Gasteiger partial charge in [-0.2, -0.15) is 0 Å². The van der Waals surface area contributed by atoms with Crippen LogP contribution in [0, 0.1) is 23.2 Å². The molecule has 2 aliphatic heterocycles. The molecule has 3 saturated carbocycles. The van der Waals surface area contributed by atoms with Crippen LogP contribution < -0.4 is 0 Å². The van der Waals surface area contributed by atoms with Crippen LogP contribution in [0.4, 0.5) is 0 Å². The van der Waals surface area contributed by atoms with Gasteiger partial charge in [-0.3, -0.25) is 9.69 Å². The molecular weight excluding hydrogens is 372 g/mol. The SMILES string of the molecule is C=CCN1C(=O)[C@H]2CC34CCC1C2C31CCN(CC2CC2)C4Cc2ccc(O)cc21. The van der Waals surface area contributed by atoms with E-state index in [0.29, 0.717) is 36.2 Å². The lowest BCUT2D eigenvalue weighted by molar-refractivity contribution is -0.137. The number of nitrogens with zero attached hydrogens (tertiary/aromatic N) is 2. The van der Waals surface area contributed by atoms with Crippen LogP contribution in [0.1, 0.15) is 49.7 Å². The van der Waals surface area contributed by atoms with Gasteiger partial charge in [0.15, 0.2) is 0 Å². The molecule has 0 radical (unpaired) electrons. The summed E-state index contributed by atoms with van der Waals surface area (Å²) in [7, 11) is 0. The largest absolute Gasteiger partial charge is 0.508 e. The maximum atomic E-state index is 13.6. The highest BCUT2D eigenvalue weighted by molar-refractivity contribution is 5.84. The van der Waals surface area contributed by atoms with E-state index in [2.05, 4.69) is 28.5 Å². The Morgan fingerprint density at radius 1 is 1.23 bits per heavy atom. The average Bonchev–Trinajstić information content (AvgIpc) is 3.47. The fourth-order valence-corrected chi connectivity index (χ4v) is 9.18. The molecule has 30 heavy (non-hydrogen) atoms. The first-order chi connectivity index (χ1) is 14.6. The molecule has 5 unspecified atom stereocenters. The molecule has 6 atom stereocenters. The Kier molecular flexibility index (Phi) is 3.39. The van der Waals surface area contributed by atoms with E-state index in [4.69, 9.17) is 0 Å². The van der Waals surface area contributed by atoms with Crippen molar-refractivity contribution in [1.29, 1.82) is 0 Å². The summed E-state index contributed by atoms with van der Waals surface area (Å²) in [5.74, 6) is 2.24. The van der Waals surface area contributed by atoms with Crippen molar-refractivity contribution in [2.45, 2.75) is 62.4 Å². The van der Waals surface area contributed by atoms with E-state index in [0.717, 1.165) is 38.1 Å². The zero-order valence-corrected chi connectivity index (χ0v) is 17.7. The third-order valence-electron chi connectivity index (χ3n) is 10.2. The smallest absolute Gasteiger partial charge is 0.226 e. The summed E-state index contributed by atoms with van der Waals surface area (Å²) in [5, 5.41) is 10.5. The van der Waals surface area contributed by atoms with Crippen molar-refractivity contribution in [3.8, 4) is 5.75 Å². The number of piperidine rings is 1. The number of benzene rings is 1. The molecule has 0 aromatic heterocycles. The van der Waals surface area contributed by atoms with Gasteiger partial charge in [0.25, 0.3) is 0 Å². The molecule has 0 spiro atoms. The topological polar surface area (TPSA) is 43.8 Å². The summed E-state index contributed by atoms with van der Waals surface area (Å²) in [6.45, 7) is 7.03. The lowest BCUT2D eigenvalue weighted by Gasteiger charge is -2.66. The quantitative estimate of drug-likeness (QED) is 0.782. The molecule has 2 heterocycles. The number of carbonyl (C=O) groups excluding carboxylic acids is 1. The van der Waals surface area contributed by atoms with Gasteiger partial charge in [0, 0.05) is 42.4 Å². The molecule has 6 aliphatic rings. The Labute approximate surface area is 178 Å². The van der Waals surface area contributed by atoms with Gasteiger partial charge in [-0.1, -0.05) is 12.1 Å². The molecule has 4 bridgehead atoms. The predicted octanol–water partition coefficient (Wildman–Crippen LogP) is 3.48. The number of hydrogen-bond donors (Lipinski definition) is 1. The summed E-state index contributed by atoms with van der Waals surface area (Å²) in [5.41, 5.74) is 3.10. The van der Waals surface area contributed by atoms with Crippen molar-refractivity contribution in [3.63, 3.8) is 0 Å².